The number of hydrogen-bond acceptors (Lipinski definition) is 1. The van der Waals surface area contributed by atoms with E-state index in [-0.39, 0.29) is 0 Å². The first-order valence-corrected chi connectivity index (χ1v) is 7.46. The van der Waals surface area contributed by atoms with Crippen LogP contribution in [0.4, 0.5) is 0 Å². The van der Waals surface area contributed by atoms with Gasteiger partial charge in [-0.2, -0.15) is 0 Å². The molecule has 0 aromatic heterocycles. The molecule has 0 bridgehead atoms. The van der Waals surface area contributed by atoms with Crippen molar-refractivity contribution >= 4 is 57.6 Å². The Morgan fingerprint density at radius 1 is 0.611 bits per heavy atom. The van der Waals surface area contributed by atoms with Crippen molar-refractivity contribution in [2.24, 2.45) is 0 Å². The molecule has 18 heavy (non-hydrogen) atoms. The summed E-state index contributed by atoms with van der Waals surface area (Å²) in [5, 5.41) is 1.72. The smallest absolute Gasteiger partial charge is 0.161 e. The van der Waals surface area contributed by atoms with Crippen molar-refractivity contribution in [1.29, 1.82) is 0 Å². The van der Waals surface area contributed by atoms with Crippen molar-refractivity contribution in [3.63, 3.8) is 0 Å². The second kappa shape index (κ2) is 5.91. The van der Waals surface area contributed by atoms with E-state index in [1.54, 1.807) is 36.4 Å². The predicted molar refractivity (Wildman–Crippen MR) is 77.6 cm³/mol. The zero-order valence-corrected chi connectivity index (χ0v) is 12.6. The summed E-state index contributed by atoms with van der Waals surface area (Å²) < 4.78 is 12.3. The molecular weight excluding hydrogens is 334 g/mol. The average Bonchev–Trinajstić information content (AvgIpc) is 2.25. The first kappa shape index (κ1) is 14.3. The first-order valence-electron chi connectivity index (χ1n) is 4.79. The Bertz CT molecular complexity index is 496. The number of halogens is 4. The lowest BCUT2D eigenvalue weighted by Gasteiger charge is -2.11. The molecule has 2 aromatic rings. The largest absolute Gasteiger partial charge is 0.606 e. The molecule has 2 aromatic carbocycles. The second-order valence-electron chi connectivity index (χ2n) is 3.48. The van der Waals surface area contributed by atoms with Gasteiger partial charge >= 0.3 is 0 Å². The Hall–Kier alpha value is -0.0900. The molecular formula is C12H6Cl4OS. The van der Waals surface area contributed by atoms with Crippen LogP contribution < -0.4 is 0 Å². The highest BCUT2D eigenvalue weighted by molar-refractivity contribution is 7.91. The molecule has 0 fully saturated rings. The minimum atomic E-state index is -1.43. The number of hydrogen-bond donors (Lipinski definition) is 0. The molecule has 0 aliphatic rings. The van der Waals surface area contributed by atoms with Crippen LogP contribution in [-0.4, -0.2) is 4.55 Å². The Morgan fingerprint density at radius 2 is 0.889 bits per heavy atom. The number of rotatable bonds is 2. The van der Waals surface area contributed by atoms with E-state index in [0.29, 0.717) is 29.9 Å². The van der Waals surface area contributed by atoms with Crippen LogP contribution in [0.3, 0.4) is 0 Å². The minimum absolute atomic E-state index is 0.430. The van der Waals surface area contributed by atoms with Gasteiger partial charge < -0.3 is 4.55 Å². The molecule has 0 atom stereocenters. The second-order valence-corrected chi connectivity index (χ2v) is 6.71. The fourth-order valence-electron chi connectivity index (χ4n) is 1.41. The molecule has 0 aliphatic heterocycles. The van der Waals surface area contributed by atoms with Crippen LogP contribution in [0.15, 0.2) is 46.2 Å². The monoisotopic (exact) mass is 338 g/mol. The Balaban J connectivity index is 2.43. The van der Waals surface area contributed by atoms with Gasteiger partial charge in [-0.25, -0.2) is 0 Å². The van der Waals surface area contributed by atoms with E-state index in [1.165, 1.54) is 0 Å². The summed E-state index contributed by atoms with van der Waals surface area (Å²) in [6.45, 7) is 0. The third kappa shape index (κ3) is 3.47. The van der Waals surface area contributed by atoms with Gasteiger partial charge in [-0.3, -0.25) is 0 Å². The predicted octanol–water partition coefficient (Wildman–Crippen LogP) is 5.47. The molecule has 2 rings (SSSR count). The molecule has 0 aliphatic carbocycles. The standard InChI is InChI=1S/C12H6Cl4OS/c13-7-1-8(14)4-11(3-7)18(17)12-5-9(15)2-10(16)6-12/h1-6H. The molecule has 0 amide bonds. The maximum Gasteiger partial charge on any atom is 0.161 e. The van der Waals surface area contributed by atoms with Gasteiger partial charge in [0.2, 0.25) is 0 Å². The molecule has 6 heteroatoms. The van der Waals surface area contributed by atoms with Gasteiger partial charge in [0.1, 0.15) is 0 Å². The molecule has 0 unspecified atom stereocenters. The Labute approximate surface area is 128 Å². The van der Waals surface area contributed by atoms with Crippen LogP contribution in [0.2, 0.25) is 20.1 Å². The van der Waals surface area contributed by atoms with Gasteiger partial charge in [-0.05, 0) is 12.1 Å². The normalized spacial score (nSPS) is 11.0. The zero-order valence-electron chi connectivity index (χ0n) is 8.79. The topological polar surface area (TPSA) is 23.1 Å². The maximum absolute atomic E-state index is 12.3. The van der Waals surface area contributed by atoms with Gasteiger partial charge in [-0.15, -0.1) is 0 Å². The highest BCUT2D eigenvalue weighted by Crippen LogP contribution is 2.30. The third-order valence-electron chi connectivity index (χ3n) is 2.10. The molecule has 94 valence electrons. The molecule has 0 saturated heterocycles. The molecule has 0 heterocycles. The summed E-state index contributed by atoms with van der Waals surface area (Å²) in [5.74, 6) is 0. The lowest BCUT2D eigenvalue weighted by Crippen LogP contribution is -2.02. The van der Waals surface area contributed by atoms with Crippen LogP contribution >= 0.6 is 46.4 Å². The molecule has 0 saturated carbocycles. The van der Waals surface area contributed by atoms with E-state index >= 15 is 0 Å². The fraction of sp³-hybridized carbons (Fsp3) is 0. The SMILES string of the molecule is [O-][S+](c1cc(Cl)cc(Cl)c1)c1cc(Cl)cc(Cl)c1. The van der Waals surface area contributed by atoms with Crippen LogP contribution in [0.1, 0.15) is 0 Å². The van der Waals surface area contributed by atoms with E-state index in [4.69, 9.17) is 46.4 Å². The molecule has 1 nitrogen and oxygen atoms in total. The molecule has 0 spiro atoms. The quantitative estimate of drug-likeness (QED) is 0.665. The van der Waals surface area contributed by atoms with E-state index < -0.39 is 11.2 Å². The van der Waals surface area contributed by atoms with Crippen molar-refractivity contribution in [3.8, 4) is 0 Å². The van der Waals surface area contributed by atoms with Crippen LogP contribution in [-0.2, 0) is 11.2 Å². The summed E-state index contributed by atoms with van der Waals surface area (Å²) in [6.07, 6.45) is 0. The summed E-state index contributed by atoms with van der Waals surface area (Å²) >= 11 is 22.1. The van der Waals surface area contributed by atoms with Crippen molar-refractivity contribution in [3.05, 3.63) is 56.5 Å². The Morgan fingerprint density at radius 3 is 1.17 bits per heavy atom. The van der Waals surface area contributed by atoms with E-state index in [9.17, 15) is 4.55 Å². The van der Waals surface area contributed by atoms with E-state index in [0.717, 1.165) is 0 Å². The van der Waals surface area contributed by atoms with Crippen molar-refractivity contribution in [2.75, 3.05) is 0 Å². The third-order valence-corrected chi connectivity index (χ3v) is 4.30. The summed E-state index contributed by atoms with van der Waals surface area (Å²) in [4.78, 5) is 1.01. The lowest BCUT2D eigenvalue weighted by atomic mass is 10.3. The van der Waals surface area contributed by atoms with E-state index in [2.05, 4.69) is 0 Å². The minimum Gasteiger partial charge on any atom is -0.606 e. The van der Waals surface area contributed by atoms with Gasteiger partial charge in [-0.1, -0.05) is 46.4 Å². The van der Waals surface area contributed by atoms with Gasteiger partial charge in [0.15, 0.2) is 9.79 Å². The molecule has 0 N–H and O–H groups in total. The average molecular weight is 340 g/mol. The zero-order chi connectivity index (χ0) is 13.3. The van der Waals surface area contributed by atoms with Gasteiger partial charge in [0, 0.05) is 55.5 Å². The fourth-order valence-corrected chi connectivity index (χ4v) is 3.93. The lowest BCUT2D eigenvalue weighted by molar-refractivity contribution is 0.595. The van der Waals surface area contributed by atoms with Crippen molar-refractivity contribution in [1.82, 2.24) is 0 Å². The van der Waals surface area contributed by atoms with Gasteiger partial charge in [0.05, 0.1) is 0 Å². The van der Waals surface area contributed by atoms with E-state index in [1.807, 2.05) is 0 Å². The van der Waals surface area contributed by atoms with Crippen LogP contribution in [0, 0.1) is 0 Å². The Kier molecular flexibility index (Phi) is 4.70. The van der Waals surface area contributed by atoms with Gasteiger partial charge in [0.25, 0.3) is 0 Å². The summed E-state index contributed by atoms with van der Waals surface area (Å²) in [6, 6.07) is 9.54. The summed E-state index contributed by atoms with van der Waals surface area (Å²) in [7, 11) is 0. The highest BCUT2D eigenvalue weighted by atomic mass is 35.5. The maximum atomic E-state index is 12.3. The molecule has 0 radical (unpaired) electrons. The first-order chi connectivity index (χ1) is 8.45. The van der Waals surface area contributed by atoms with Crippen molar-refractivity contribution in [2.45, 2.75) is 9.79 Å². The highest BCUT2D eigenvalue weighted by Gasteiger charge is 2.17. The van der Waals surface area contributed by atoms with Crippen LogP contribution in [0.25, 0.3) is 0 Å². The van der Waals surface area contributed by atoms with Crippen LogP contribution in [0.5, 0.6) is 0 Å². The number of benzene rings is 2. The van der Waals surface area contributed by atoms with Crippen molar-refractivity contribution < 1.29 is 4.55 Å². The summed E-state index contributed by atoms with van der Waals surface area (Å²) in [5.41, 5.74) is 0.